The van der Waals surface area contributed by atoms with Crippen molar-refractivity contribution in [1.82, 2.24) is 9.55 Å². The van der Waals surface area contributed by atoms with Gasteiger partial charge < -0.3 is 10.3 Å². The highest BCUT2D eigenvalue weighted by molar-refractivity contribution is 7.99. The van der Waals surface area contributed by atoms with Gasteiger partial charge in [0.05, 0.1) is 0 Å². The molecule has 5 heteroatoms. The molecular formula is C14H18ClN3S. The fourth-order valence-electron chi connectivity index (χ4n) is 1.79. The van der Waals surface area contributed by atoms with Crippen molar-refractivity contribution in [3.8, 4) is 0 Å². The van der Waals surface area contributed by atoms with Gasteiger partial charge in [-0.15, -0.1) is 0 Å². The summed E-state index contributed by atoms with van der Waals surface area (Å²) in [6.45, 7) is 2.09. The van der Waals surface area contributed by atoms with Gasteiger partial charge in [0.2, 0.25) is 0 Å². The van der Waals surface area contributed by atoms with Gasteiger partial charge in [0, 0.05) is 35.4 Å². The largest absolute Gasteiger partial charge is 0.329 e. The van der Waals surface area contributed by atoms with Crippen LogP contribution in [0.25, 0.3) is 0 Å². The van der Waals surface area contributed by atoms with Gasteiger partial charge in [0.1, 0.15) is 0 Å². The lowest BCUT2D eigenvalue weighted by Crippen LogP contribution is -2.21. The Bertz CT molecular complexity index is 553. The molecule has 1 atom stereocenters. The first kappa shape index (κ1) is 14.4. The maximum Gasteiger partial charge on any atom is 0.172 e. The number of aryl methyl sites for hydroxylation is 1. The number of hydrogen-bond acceptors (Lipinski definition) is 3. The van der Waals surface area contributed by atoms with Crippen LogP contribution in [0, 0.1) is 0 Å². The zero-order valence-electron chi connectivity index (χ0n) is 11.1. The topological polar surface area (TPSA) is 43.8 Å². The van der Waals surface area contributed by atoms with Crippen LogP contribution in [0.3, 0.4) is 0 Å². The van der Waals surface area contributed by atoms with Crippen LogP contribution in [0.15, 0.2) is 40.6 Å². The second-order valence-electron chi connectivity index (χ2n) is 4.51. The van der Waals surface area contributed by atoms with Crippen LogP contribution in [0.1, 0.15) is 18.9 Å². The number of hydrogen-bond donors (Lipinski definition) is 1. The van der Waals surface area contributed by atoms with Crippen molar-refractivity contribution >= 4 is 23.4 Å². The van der Waals surface area contributed by atoms with E-state index in [1.807, 2.05) is 29.9 Å². The van der Waals surface area contributed by atoms with Gasteiger partial charge in [-0.25, -0.2) is 4.98 Å². The zero-order valence-corrected chi connectivity index (χ0v) is 12.7. The van der Waals surface area contributed by atoms with Crippen LogP contribution in [-0.2, 0) is 13.5 Å². The highest BCUT2D eigenvalue weighted by Gasteiger charge is 2.13. The number of imidazole rings is 1. The Morgan fingerprint density at radius 2 is 2.26 bits per heavy atom. The lowest BCUT2D eigenvalue weighted by atomic mass is 10.0. The molecule has 1 heterocycles. The van der Waals surface area contributed by atoms with Gasteiger partial charge in [-0.1, -0.05) is 36.4 Å². The predicted octanol–water partition coefficient (Wildman–Crippen LogP) is 3.50. The van der Waals surface area contributed by atoms with Gasteiger partial charge >= 0.3 is 0 Å². The molecule has 1 aromatic carbocycles. The normalized spacial score (nSPS) is 12.6. The average Bonchev–Trinajstić information content (AvgIpc) is 2.79. The van der Waals surface area contributed by atoms with E-state index in [2.05, 4.69) is 18.0 Å². The first-order valence-electron chi connectivity index (χ1n) is 6.30. The van der Waals surface area contributed by atoms with E-state index in [9.17, 15) is 0 Å². The minimum Gasteiger partial charge on any atom is -0.329 e. The second kappa shape index (κ2) is 6.46. The summed E-state index contributed by atoms with van der Waals surface area (Å²) in [7, 11) is 1.98. The number of aromatic nitrogens is 2. The zero-order chi connectivity index (χ0) is 13.8. The maximum absolute atomic E-state index is 6.31. The first-order valence-corrected chi connectivity index (χ1v) is 7.49. The summed E-state index contributed by atoms with van der Waals surface area (Å²) < 4.78 is 2.00. The Morgan fingerprint density at radius 3 is 2.89 bits per heavy atom. The minimum absolute atomic E-state index is 0.139. The van der Waals surface area contributed by atoms with Crippen molar-refractivity contribution in [1.29, 1.82) is 0 Å². The van der Waals surface area contributed by atoms with Crippen LogP contribution in [-0.4, -0.2) is 15.6 Å². The lowest BCUT2D eigenvalue weighted by Gasteiger charge is -2.14. The molecule has 19 heavy (non-hydrogen) atoms. The van der Waals surface area contributed by atoms with Crippen molar-refractivity contribution in [2.75, 3.05) is 0 Å². The molecule has 1 unspecified atom stereocenters. The molecule has 0 aliphatic rings. The SMILES string of the molecule is CCC(N)Cc1c(Cl)cccc1Sc1nccn1C. The summed E-state index contributed by atoms with van der Waals surface area (Å²) >= 11 is 7.94. The van der Waals surface area contributed by atoms with Gasteiger partial charge in [-0.2, -0.15) is 0 Å². The summed E-state index contributed by atoms with van der Waals surface area (Å²) in [6, 6.07) is 6.10. The Balaban J connectivity index is 2.29. The van der Waals surface area contributed by atoms with E-state index in [0.717, 1.165) is 33.5 Å². The van der Waals surface area contributed by atoms with Crippen LogP contribution >= 0.6 is 23.4 Å². The number of benzene rings is 1. The quantitative estimate of drug-likeness (QED) is 0.918. The van der Waals surface area contributed by atoms with E-state index in [1.54, 1.807) is 18.0 Å². The molecule has 0 aliphatic carbocycles. The third kappa shape index (κ3) is 3.53. The minimum atomic E-state index is 0.139. The smallest absolute Gasteiger partial charge is 0.172 e. The highest BCUT2D eigenvalue weighted by atomic mass is 35.5. The molecule has 2 rings (SSSR count). The fraction of sp³-hybridized carbons (Fsp3) is 0.357. The molecule has 0 amide bonds. The van der Waals surface area contributed by atoms with E-state index >= 15 is 0 Å². The Kier molecular flexibility index (Phi) is 4.91. The summed E-state index contributed by atoms with van der Waals surface area (Å²) in [6.07, 6.45) is 5.47. The lowest BCUT2D eigenvalue weighted by molar-refractivity contribution is 0.641. The molecule has 0 saturated carbocycles. The molecule has 3 nitrogen and oxygen atoms in total. The molecule has 0 spiro atoms. The van der Waals surface area contributed by atoms with Crippen LogP contribution in [0.2, 0.25) is 5.02 Å². The monoisotopic (exact) mass is 295 g/mol. The standard InChI is InChI=1S/C14H18ClN3S/c1-3-10(16)9-11-12(15)5-4-6-13(11)19-14-17-7-8-18(14)2/h4-8,10H,3,9,16H2,1-2H3. The predicted molar refractivity (Wildman–Crippen MR) is 80.8 cm³/mol. The summed E-state index contributed by atoms with van der Waals surface area (Å²) in [5.74, 6) is 0. The molecule has 0 radical (unpaired) electrons. The van der Waals surface area contributed by atoms with E-state index in [0.29, 0.717) is 0 Å². The molecular weight excluding hydrogens is 278 g/mol. The number of rotatable bonds is 5. The molecule has 0 saturated heterocycles. The van der Waals surface area contributed by atoms with Gasteiger partial charge in [0.25, 0.3) is 0 Å². The molecule has 0 fully saturated rings. The van der Waals surface area contributed by atoms with Crippen LogP contribution in [0.4, 0.5) is 0 Å². The third-order valence-electron chi connectivity index (χ3n) is 3.04. The highest BCUT2D eigenvalue weighted by Crippen LogP contribution is 2.33. The Morgan fingerprint density at radius 1 is 1.47 bits per heavy atom. The maximum atomic E-state index is 6.31. The van der Waals surface area contributed by atoms with Crippen molar-refractivity contribution < 1.29 is 0 Å². The average molecular weight is 296 g/mol. The van der Waals surface area contributed by atoms with Crippen molar-refractivity contribution in [2.45, 2.75) is 35.9 Å². The van der Waals surface area contributed by atoms with Gasteiger partial charge in [0.15, 0.2) is 5.16 Å². The molecule has 2 N–H and O–H groups in total. The number of nitrogens with zero attached hydrogens (tertiary/aromatic N) is 2. The molecule has 0 bridgehead atoms. The molecule has 102 valence electrons. The molecule has 0 aliphatic heterocycles. The van der Waals surface area contributed by atoms with Crippen molar-refractivity contribution in [3.05, 3.63) is 41.2 Å². The molecule has 1 aromatic heterocycles. The summed E-state index contributed by atoms with van der Waals surface area (Å²) in [5.41, 5.74) is 7.17. The van der Waals surface area contributed by atoms with E-state index in [1.165, 1.54) is 0 Å². The van der Waals surface area contributed by atoms with E-state index in [4.69, 9.17) is 17.3 Å². The van der Waals surface area contributed by atoms with Crippen LogP contribution in [0.5, 0.6) is 0 Å². The summed E-state index contributed by atoms with van der Waals surface area (Å²) in [4.78, 5) is 5.46. The number of halogens is 1. The van der Waals surface area contributed by atoms with Gasteiger partial charge in [-0.3, -0.25) is 0 Å². The second-order valence-corrected chi connectivity index (χ2v) is 5.93. The summed E-state index contributed by atoms with van der Waals surface area (Å²) in [5, 5.41) is 1.73. The molecule has 2 aromatic rings. The Labute approximate surface area is 123 Å². The van der Waals surface area contributed by atoms with E-state index in [-0.39, 0.29) is 6.04 Å². The third-order valence-corrected chi connectivity index (χ3v) is 4.58. The Hall–Kier alpha value is -0.970. The van der Waals surface area contributed by atoms with Gasteiger partial charge in [-0.05, 0) is 30.5 Å². The van der Waals surface area contributed by atoms with Crippen molar-refractivity contribution in [2.24, 2.45) is 12.8 Å². The van der Waals surface area contributed by atoms with E-state index < -0.39 is 0 Å². The first-order chi connectivity index (χ1) is 9.11. The number of nitrogens with two attached hydrogens (primary N) is 1. The van der Waals surface area contributed by atoms with Crippen molar-refractivity contribution in [3.63, 3.8) is 0 Å². The fourth-order valence-corrected chi connectivity index (χ4v) is 3.07. The van der Waals surface area contributed by atoms with Crippen LogP contribution < -0.4 is 5.73 Å².